The maximum Gasteiger partial charge on any atom is 0.234 e. The van der Waals surface area contributed by atoms with Gasteiger partial charge in [0.2, 0.25) is 5.91 Å². The first kappa shape index (κ1) is 18.0. The van der Waals surface area contributed by atoms with Crippen molar-refractivity contribution in [1.29, 1.82) is 0 Å². The first-order valence-electron chi connectivity index (χ1n) is 8.43. The summed E-state index contributed by atoms with van der Waals surface area (Å²) in [4.78, 5) is 20.7. The zero-order valence-corrected chi connectivity index (χ0v) is 16.6. The maximum absolute atomic E-state index is 12.4. The van der Waals surface area contributed by atoms with Gasteiger partial charge in [-0.15, -0.1) is 11.3 Å². The Morgan fingerprint density at radius 2 is 2.12 bits per heavy atom. The molecule has 2 aromatic rings. The number of thioether (sulfide) groups is 1. The predicted octanol–water partition coefficient (Wildman–Crippen LogP) is 3.10. The van der Waals surface area contributed by atoms with Gasteiger partial charge in [-0.2, -0.15) is 0 Å². The van der Waals surface area contributed by atoms with Gasteiger partial charge in [-0.1, -0.05) is 30.0 Å². The van der Waals surface area contributed by atoms with Crippen LogP contribution in [-0.4, -0.2) is 29.3 Å². The topological polar surface area (TPSA) is 44.7 Å². The molecule has 1 atom stereocenters. The molecule has 0 aliphatic carbocycles. The first-order valence-corrected chi connectivity index (χ1v) is 10.2. The van der Waals surface area contributed by atoms with Crippen molar-refractivity contribution < 1.29 is 4.79 Å². The molecule has 132 valence electrons. The lowest BCUT2D eigenvalue weighted by Gasteiger charge is -2.31. The van der Waals surface area contributed by atoms with E-state index in [-0.39, 0.29) is 12.1 Å². The van der Waals surface area contributed by atoms with Crippen LogP contribution in [0.1, 0.15) is 24.3 Å². The number of aryl methyl sites for hydroxylation is 2. The van der Waals surface area contributed by atoms with Crippen LogP contribution in [0.2, 0.25) is 0 Å². The molecule has 1 aliphatic rings. The summed E-state index contributed by atoms with van der Waals surface area (Å²) in [5.74, 6) is 0.410. The Labute approximate surface area is 156 Å². The van der Waals surface area contributed by atoms with Crippen LogP contribution in [0.3, 0.4) is 0 Å². The number of thiophene rings is 1. The van der Waals surface area contributed by atoms with Gasteiger partial charge in [-0.25, -0.2) is 4.99 Å². The van der Waals surface area contributed by atoms with Gasteiger partial charge >= 0.3 is 0 Å². The molecule has 1 aromatic carbocycles. The minimum Gasteiger partial charge on any atom is -0.344 e. The summed E-state index contributed by atoms with van der Waals surface area (Å²) in [6, 6.07) is 10.0. The quantitative estimate of drug-likeness (QED) is 0.876. The van der Waals surface area contributed by atoms with Gasteiger partial charge in [-0.3, -0.25) is 4.79 Å². The number of nitrogens with one attached hydrogen (secondary N) is 1. The van der Waals surface area contributed by atoms with Crippen molar-refractivity contribution in [1.82, 2.24) is 4.90 Å². The summed E-state index contributed by atoms with van der Waals surface area (Å²) >= 11 is 3.32. The highest BCUT2D eigenvalue weighted by Gasteiger charge is 2.22. The van der Waals surface area contributed by atoms with E-state index in [1.807, 2.05) is 31.2 Å². The molecule has 0 radical (unpaired) electrons. The van der Waals surface area contributed by atoms with Crippen LogP contribution in [0, 0.1) is 13.8 Å². The van der Waals surface area contributed by atoms with E-state index in [1.54, 1.807) is 23.1 Å². The monoisotopic (exact) mass is 373 g/mol. The lowest BCUT2D eigenvalue weighted by atomic mass is 10.2. The Morgan fingerprint density at radius 1 is 1.36 bits per heavy atom. The Balaban J connectivity index is 1.80. The molecule has 1 N–H and O–H groups in total. The molecule has 1 aliphatic heterocycles. The number of benzene rings is 1. The zero-order valence-electron chi connectivity index (χ0n) is 15.0. The zero-order chi connectivity index (χ0) is 18.0. The maximum atomic E-state index is 12.4. The van der Waals surface area contributed by atoms with Crippen LogP contribution in [0.5, 0.6) is 0 Å². The van der Waals surface area contributed by atoms with Crippen LogP contribution in [-0.2, 0) is 4.79 Å². The minimum atomic E-state index is 0.0199. The van der Waals surface area contributed by atoms with Crippen LogP contribution in [0.25, 0.3) is 5.03 Å². The van der Waals surface area contributed by atoms with Gasteiger partial charge in [0.05, 0.1) is 10.8 Å². The average Bonchev–Trinajstić information content (AvgIpc) is 2.94. The fourth-order valence-electron chi connectivity index (χ4n) is 2.92. The fourth-order valence-corrected chi connectivity index (χ4v) is 5.03. The molecule has 1 amide bonds. The predicted molar refractivity (Wildman–Crippen MR) is 107 cm³/mol. The van der Waals surface area contributed by atoms with Crippen molar-refractivity contribution in [2.45, 2.75) is 33.9 Å². The summed E-state index contributed by atoms with van der Waals surface area (Å²) in [7, 11) is 0. The molecule has 3 rings (SSSR count). The van der Waals surface area contributed by atoms with Gasteiger partial charge in [-0.05, 0) is 45.4 Å². The summed E-state index contributed by atoms with van der Waals surface area (Å²) in [5, 5.41) is 5.33. The highest BCUT2D eigenvalue weighted by Crippen LogP contribution is 2.25. The summed E-state index contributed by atoms with van der Waals surface area (Å²) in [5.41, 5.74) is 1.95. The van der Waals surface area contributed by atoms with E-state index in [4.69, 9.17) is 4.99 Å². The molecule has 2 heterocycles. The Kier molecular flexibility index (Phi) is 5.49. The lowest BCUT2D eigenvalue weighted by Crippen LogP contribution is -2.42. The van der Waals surface area contributed by atoms with Gasteiger partial charge in [0.15, 0.2) is 0 Å². The van der Waals surface area contributed by atoms with Gasteiger partial charge in [0.1, 0.15) is 10.8 Å². The standard InChI is InChI=1S/C19H23N3OS2/c1-5-22-14(4)20-18-15(10-13(3)25-18)19(22)24-11-17(23)21-16-9-7-6-8-12(16)2/h6-10,14H,5,11H2,1-4H3,(H,21,23)/t14-/m1/s1. The normalized spacial score (nSPS) is 16.4. The SMILES string of the molecule is CCN1C(SCC(=O)Nc2ccccc2C)=c2cc(C)sc2=N[C@H]1C. The van der Waals surface area contributed by atoms with Crippen molar-refractivity contribution in [2.75, 3.05) is 17.6 Å². The second-order valence-corrected chi connectivity index (χ2v) is 8.28. The number of fused-ring (bicyclic) bond motifs is 1. The fraction of sp³-hybridized carbons (Fsp3) is 0.368. The van der Waals surface area contributed by atoms with E-state index >= 15 is 0 Å². The Morgan fingerprint density at radius 3 is 2.84 bits per heavy atom. The van der Waals surface area contributed by atoms with E-state index in [0.717, 1.165) is 32.7 Å². The molecule has 0 unspecified atom stereocenters. The van der Waals surface area contributed by atoms with E-state index in [0.29, 0.717) is 5.75 Å². The largest absolute Gasteiger partial charge is 0.344 e. The number of carbonyl (C=O) groups excluding carboxylic acids is 1. The van der Waals surface area contributed by atoms with Crippen LogP contribution in [0.4, 0.5) is 5.69 Å². The summed E-state index contributed by atoms with van der Waals surface area (Å²) in [6.07, 6.45) is 0.109. The van der Waals surface area contributed by atoms with Crippen molar-refractivity contribution in [3.8, 4) is 0 Å². The van der Waals surface area contributed by atoms with Crippen molar-refractivity contribution in [2.24, 2.45) is 4.99 Å². The van der Waals surface area contributed by atoms with E-state index in [9.17, 15) is 4.79 Å². The van der Waals surface area contributed by atoms with Gasteiger partial charge in [0, 0.05) is 22.3 Å². The van der Waals surface area contributed by atoms with Crippen molar-refractivity contribution >= 4 is 39.7 Å². The number of rotatable bonds is 5. The Hall–Kier alpha value is -1.79. The first-order chi connectivity index (χ1) is 12.0. The second-order valence-electron chi connectivity index (χ2n) is 6.08. The molecule has 0 fully saturated rings. The number of nitrogens with zero attached hydrogens (tertiary/aromatic N) is 2. The lowest BCUT2D eigenvalue weighted by molar-refractivity contribution is -0.113. The molecule has 0 saturated heterocycles. The number of para-hydroxylation sites is 1. The molecule has 4 nitrogen and oxygen atoms in total. The van der Waals surface area contributed by atoms with Gasteiger partial charge in [0.25, 0.3) is 0 Å². The highest BCUT2D eigenvalue weighted by atomic mass is 32.2. The molecular weight excluding hydrogens is 350 g/mol. The average molecular weight is 374 g/mol. The number of carbonyl (C=O) groups is 1. The number of hydrogen-bond acceptors (Lipinski definition) is 5. The third-order valence-electron chi connectivity index (χ3n) is 4.18. The molecular formula is C19H23N3OS2. The van der Waals surface area contributed by atoms with Gasteiger partial charge < -0.3 is 10.2 Å². The molecule has 0 saturated carbocycles. The third-order valence-corrected chi connectivity index (χ3v) is 6.27. The molecule has 0 spiro atoms. The molecule has 1 aromatic heterocycles. The van der Waals surface area contributed by atoms with Crippen LogP contribution in [0.15, 0.2) is 35.3 Å². The summed E-state index contributed by atoms with van der Waals surface area (Å²) in [6.45, 7) is 9.22. The van der Waals surface area contributed by atoms with E-state index in [2.05, 4.69) is 37.1 Å². The molecule has 6 heteroatoms. The third kappa shape index (κ3) is 3.90. The van der Waals surface area contributed by atoms with E-state index in [1.165, 1.54) is 4.88 Å². The Bertz CT molecular complexity index is 904. The molecule has 0 bridgehead atoms. The van der Waals surface area contributed by atoms with Crippen molar-refractivity contribution in [3.05, 3.63) is 50.7 Å². The summed E-state index contributed by atoms with van der Waals surface area (Å²) < 4.78 is 1.08. The smallest absolute Gasteiger partial charge is 0.234 e. The number of amides is 1. The minimum absolute atomic E-state index is 0.0199. The van der Waals surface area contributed by atoms with Crippen molar-refractivity contribution in [3.63, 3.8) is 0 Å². The van der Waals surface area contributed by atoms with Crippen LogP contribution < -0.4 is 15.2 Å². The number of anilines is 1. The molecule has 25 heavy (non-hydrogen) atoms. The second kappa shape index (κ2) is 7.62. The van der Waals surface area contributed by atoms with E-state index < -0.39 is 0 Å². The number of hydrogen-bond donors (Lipinski definition) is 1. The highest BCUT2D eigenvalue weighted by molar-refractivity contribution is 8.08. The van der Waals surface area contributed by atoms with Crippen LogP contribution >= 0.6 is 23.1 Å².